The third-order valence-corrected chi connectivity index (χ3v) is 3.83. The Kier molecular flexibility index (Phi) is 4.58. The number of carbonyl (C=O) groups is 2. The molecule has 2 amide bonds. The van der Waals surface area contributed by atoms with Crippen molar-refractivity contribution in [2.24, 2.45) is 0 Å². The molecule has 0 aliphatic carbocycles. The van der Waals surface area contributed by atoms with E-state index in [-0.39, 0.29) is 12.5 Å². The summed E-state index contributed by atoms with van der Waals surface area (Å²) >= 11 is 5.86. The normalized spacial score (nSPS) is 10.6. The topological polar surface area (TPSA) is 93.3 Å². The minimum atomic E-state index is -0.637. The molecule has 2 N–H and O–H groups in total. The highest BCUT2D eigenvalue weighted by molar-refractivity contribution is 6.31. The predicted molar refractivity (Wildman–Crippen MR) is 93.9 cm³/mol. The number of oxazole rings is 1. The van der Waals surface area contributed by atoms with Gasteiger partial charge in [-0.3, -0.25) is 14.2 Å². The van der Waals surface area contributed by atoms with Gasteiger partial charge in [0.2, 0.25) is 5.91 Å². The Morgan fingerprint density at radius 2 is 1.88 bits per heavy atom. The molecule has 0 saturated carbocycles. The van der Waals surface area contributed by atoms with Crippen LogP contribution >= 0.6 is 11.6 Å². The van der Waals surface area contributed by atoms with E-state index in [0.29, 0.717) is 27.4 Å². The van der Waals surface area contributed by atoms with Gasteiger partial charge in [-0.15, -0.1) is 0 Å². The van der Waals surface area contributed by atoms with E-state index >= 15 is 0 Å². The lowest BCUT2D eigenvalue weighted by Gasteiger charge is -2.07. The van der Waals surface area contributed by atoms with E-state index < -0.39 is 11.7 Å². The van der Waals surface area contributed by atoms with Crippen LogP contribution in [0.4, 0.5) is 5.69 Å². The van der Waals surface area contributed by atoms with E-state index in [4.69, 9.17) is 16.0 Å². The van der Waals surface area contributed by atoms with Crippen LogP contribution in [0.3, 0.4) is 0 Å². The van der Waals surface area contributed by atoms with Gasteiger partial charge in [0.05, 0.1) is 5.52 Å². The zero-order valence-corrected chi connectivity index (χ0v) is 14.0. The van der Waals surface area contributed by atoms with Gasteiger partial charge in [0.25, 0.3) is 5.91 Å². The van der Waals surface area contributed by atoms with Crippen LogP contribution in [0.25, 0.3) is 11.1 Å². The highest BCUT2D eigenvalue weighted by atomic mass is 35.5. The predicted octanol–water partition coefficient (Wildman–Crippen LogP) is 2.25. The van der Waals surface area contributed by atoms with E-state index in [2.05, 4.69) is 10.6 Å². The second-order valence-corrected chi connectivity index (χ2v) is 5.71. The number of hydrogen-bond donors (Lipinski definition) is 2. The molecule has 0 spiro atoms. The van der Waals surface area contributed by atoms with Crippen molar-refractivity contribution >= 4 is 40.2 Å². The SMILES string of the molecule is CNC(=O)c1ccc(NC(=O)Cn2c(=O)oc3cc(Cl)ccc32)cc1. The quantitative estimate of drug-likeness (QED) is 0.747. The molecule has 25 heavy (non-hydrogen) atoms. The third-order valence-electron chi connectivity index (χ3n) is 3.59. The Morgan fingerprint density at radius 3 is 2.56 bits per heavy atom. The zero-order chi connectivity index (χ0) is 18.0. The minimum Gasteiger partial charge on any atom is -0.408 e. The molecule has 8 heteroatoms. The molecule has 0 unspecified atom stereocenters. The summed E-state index contributed by atoms with van der Waals surface area (Å²) in [6, 6.07) is 11.2. The number of nitrogens with one attached hydrogen (secondary N) is 2. The van der Waals surface area contributed by atoms with Crippen LogP contribution in [0.15, 0.2) is 51.7 Å². The van der Waals surface area contributed by atoms with E-state index in [1.54, 1.807) is 36.4 Å². The molecule has 1 heterocycles. The molecule has 0 aliphatic heterocycles. The Morgan fingerprint density at radius 1 is 1.16 bits per heavy atom. The fourth-order valence-electron chi connectivity index (χ4n) is 2.38. The molecule has 0 fully saturated rings. The fourth-order valence-corrected chi connectivity index (χ4v) is 2.55. The molecule has 0 atom stereocenters. The van der Waals surface area contributed by atoms with Crippen LogP contribution < -0.4 is 16.4 Å². The molecule has 128 valence electrons. The molecule has 0 aliphatic rings. The number of benzene rings is 2. The standard InChI is InChI=1S/C17H14ClN3O4/c1-19-16(23)10-2-5-12(6-3-10)20-15(22)9-21-13-7-4-11(18)8-14(13)25-17(21)24/h2-8H,9H2,1H3,(H,19,23)(H,20,22). The summed E-state index contributed by atoms with van der Waals surface area (Å²) in [6.45, 7) is -0.204. The van der Waals surface area contributed by atoms with E-state index in [0.717, 1.165) is 0 Å². The number of hydrogen-bond acceptors (Lipinski definition) is 4. The van der Waals surface area contributed by atoms with Gasteiger partial charge in [-0.05, 0) is 36.4 Å². The van der Waals surface area contributed by atoms with Gasteiger partial charge in [-0.25, -0.2) is 4.79 Å². The van der Waals surface area contributed by atoms with Crippen LogP contribution in [0.1, 0.15) is 10.4 Å². The fraction of sp³-hybridized carbons (Fsp3) is 0.118. The van der Waals surface area contributed by atoms with Crippen LogP contribution in [0.5, 0.6) is 0 Å². The van der Waals surface area contributed by atoms with Gasteiger partial charge in [-0.2, -0.15) is 0 Å². The lowest BCUT2D eigenvalue weighted by atomic mass is 10.2. The second kappa shape index (κ2) is 6.82. The van der Waals surface area contributed by atoms with Gasteiger partial charge in [-0.1, -0.05) is 11.6 Å². The monoisotopic (exact) mass is 359 g/mol. The smallest absolute Gasteiger partial charge is 0.408 e. The molecule has 0 radical (unpaired) electrons. The molecule has 0 saturated heterocycles. The highest BCUT2D eigenvalue weighted by Crippen LogP contribution is 2.18. The number of halogens is 1. The van der Waals surface area contributed by atoms with Crippen molar-refractivity contribution in [2.45, 2.75) is 6.54 Å². The molecule has 3 aromatic rings. The van der Waals surface area contributed by atoms with E-state index in [9.17, 15) is 14.4 Å². The molecular formula is C17H14ClN3O4. The first-order chi connectivity index (χ1) is 12.0. The number of anilines is 1. The molecule has 1 aromatic heterocycles. The van der Waals surface area contributed by atoms with Crippen LogP contribution in [0, 0.1) is 0 Å². The maximum Gasteiger partial charge on any atom is 0.420 e. The largest absolute Gasteiger partial charge is 0.420 e. The van der Waals surface area contributed by atoms with Crippen molar-refractivity contribution in [3.05, 3.63) is 63.6 Å². The van der Waals surface area contributed by atoms with Crippen molar-refractivity contribution in [3.8, 4) is 0 Å². The molecular weight excluding hydrogens is 346 g/mol. The Hall–Kier alpha value is -3.06. The number of nitrogens with zero attached hydrogens (tertiary/aromatic N) is 1. The van der Waals surface area contributed by atoms with Crippen LogP contribution in [-0.4, -0.2) is 23.4 Å². The van der Waals surface area contributed by atoms with Gasteiger partial charge in [0.15, 0.2) is 5.58 Å². The first-order valence-corrected chi connectivity index (χ1v) is 7.76. The van der Waals surface area contributed by atoms with Gasteiger partial charge in [0, 0.05) is 29.4 Å². The average Bonchev–Trinajstić information content (AvgIpc) is 2.89. The maximum absolute atomic E-state index is 12.2. The van der Waals surface area contributed by atoms with Crippen molar-refractivity contribution in [2.75, 3.05) is 12.4 Å². The first-order valence-electron chi connectivity index (χ1n) is 7.39. The third kappa shape index (κ3) is 3.56. The van der Waals surface area contributed by atoms with Gasteiger partial charge in [0.1, 0.15) is 6.54 Å². The van der Waals surface area contributed by atoms with Crippen molar-refractivity contribution < 1.29 is 14.0 Å². The summed E-state index contributed by atoms with van der Waals surface area (Å²) in [7, 11) is 1.54. The van der Waals surface area contributed by atoms with Gasteiger partial charge < -0.3 is 15.1 Å². The second-order valence-electron chi connectivity index (χ2n) is 5.27. The first kappa shape index (κ1) is 16.8. The summed E-state index contributed by atoms with van der Waals surface area (Å²) in [4.78, 5) is 35.6. The maximum atomic E-state index is 12.2. The summed E-state index contributed by atoms with van der Waals surface area (Å²) in [5.74, 6) is -1.25. The van der Waals surface area contributed by atoms with Crippen LogP contribution in [-0.2, 0) is 11.3 Å². The average molecular weight is 360 g/mol. The minimum absolute atomic E-state index is 0.204. The lowest BCUT2D eigenvalue weighted by Crippen LogP contribution is -2.24. The van der Waals surface area contributed by atoms with E-state index in [1.165, 1.54) is 17.7 Å². The van der Waals surface area contributed by atoms with Crippen LogP contribution in [0.2, 0.25) is 5.02 Å². The number of fused-ring (bicyclic) bond motifs is 1. The summed E-state index contributed by atoms with van der Waals surface area (Å²) in [5, 5.41) is 5.62. The van der Waals surface area contributed by atoms with Gasteiger partial charge >= 0.3 is 5.76 Å². The number of amides is 2. The number of aromatic nitrogens is 1. The summed E-state index contributed by atoms with van der Waals surface area (Å²) in [5.41, 5.74) is 1.80. The van der Waals surface area contributed by atoms with Crippen molar-refractivity contribution in [1.29, 1.82) is 0 Å². The Bertz CT molecular complexity index is 1000. The Labute approximate surface area is 147 Å². The lowest BCUT2D eigenvalue weighted by molar-refractivity contribution is -0.116. The Balaban J connectivity index is 1.76. The van der Waals surface area contributed by atoms with E-state index in [1.807, 2.05) is 0 Å². The molecule has 7 nitrogen and oxygen atoms in total. The van der Waals surface area contributed by atoms with Crippen molar-refractivity contribution in [3.63, 3.8) is 0 Å². The molecule has 0 bridgehead atoms. The molecule has 2 aromatic carbocycles. The summed E-state index contributed by atoms with van der Waals surface area (Å²) in [6.07, 6.45) is 0. The zero-order valence-electron chi connectivity index (χ0n) is 13.2. The highest BCUT2D eigenvalue weighted by Gasteiger charge is 2.13. The number of rotatable bonds is 4. The molecule has 3 rings (SSSR count). The number of carbonyl (C=O) groups excluding carboxylic acids is 2. The summed E-state index contributed by atoms with van der Waals surface area (Å²) < 4.78 is 6.31. The van der Waals surface area contributed by atoms with Crippen molar-refractivity contribution in [1.82, 2.24) is 9.88 Å².